The Kier molecular flexibility index (Phi) is 8.56. The molecule has 1 aromatic carbocycles. The Hall–Kier alpha value is -0.860. The number of rotatable bonds is 10. The molecule has 0 amide bonds. The van der Waals surface area contributed by atoms with Crippen LogP contribution in [0.4, 0.5) is 0 Å². The highest BCUT2D eigenvalue weighted by Crippen LogP contribution is 2.18. The van der Waals surface area contributed by atoms with Gasteiger partial charge in [-0.2, -0.15) is 0 Å². The Morgan fingerprint density at radius 3 is 2.50 bits per heavy atom. The third-order valence-corrected chi connectivity index (χ3v) is 3.67. The summed E-state index contributed by atoms with van der Waals surface area (Å²) in [6.07, 6.45) is 3.63. The molecule has 0 saturated heterocycles. The van der Waals surface area contributed by atoms with Crippen molar-refractivity contribution in [2.75, 3.05) is 19.8 Å². The zero-order valence-corrected chi connectivity index (χ0v) is 13.6. The quantitative estimate of drug-likeness (QED) is 0.680. The normalized spacial score (nSPS) is 14.2. The molecular formula is C18H31NO. The van der Waals surface area contributed by atoms with Gasteiger partial charge in [-0.1, -0.05) is 51.5 Å². The van der Waals surface area contributed by atoms with Gasteiger partial charge in [-0.25, -0.2) is 0 Å². The standard InChI is InChI=1S/C18H31NO/c1-5-9-15(3)13-20-14-18(19-12-6-2)17-11-8-7-10-16(17)4/h7-8,10-11,15,18-19H,5-6,9,12-14H2,1-4H3. The van der Waals surface area contributed by atoms with Gasteiger partial charge in [0.2, 0.25) is 0 Å². The Morgan fingerprint density at radius 2 is 1.85 bits per heavy atom. The Balaban J connectivity index is 2.54. The molecule has 1 aromatic rings. The van der Waals surface area contributed by atoms with Crippen molar-refractivity contribution in [3.63, 3.8) is 0 Å². The molecule has 1 N–H and O–H groups in total. The van der Waals surface area contributed by atoms with Crippen LogP contribution in [0.2, 0.25) is 0 Å². The van der Waals surface area contributed by atoms with E-state index in [1.165, 1.54) is 24.0 Å². The average molecular weight is 277 g/mol. The van der Waals surface area contributed by atoms with E-state index in [0.717, 1.165) is 26.2 Å². The lowest BCUT2D eigenvalue weighted by Crippen LogP contribution is -2.27. The van der Waals surface area contributed by atoms with Gasteiger partial charge in [0.1, 0.15) is 0 Å². The smallest absolute Gasteiger partial charge is 0.0661 e. The summed E-state index contributed by atoms with van der Waals surface area (Å²) in [6.45, 7) is 11.5. The second kappa shape index (κ2) is 9.95. The first kappa shape index (κ1) is 17.2. The van der Waals surface area contributed by atoms with E-state index in [9.17, 15) is 0 Å². The minimum atomic E-state index is 0.310. The summed E-state index contributed by atoms with van der Waals surface area (Å²) in [5, 5.41) is 3.61. The van der Waals surface area contributed by atoms with Gasteiger partial charge < -0.3 is 10.1 Å². The van der Waals surface area contributed by atoms with Crippen LogP contribution < -0.4 is 5.32 Å². The lowest BCUT2D eigenvalue weighted by Gasteiger charge is -2.22. The maximum absolute atomic E-state index is 5.95. The summed E-state index contributed by atoms with van der Waals surface area (Å²) >= 11 is 0. The second-order valence-electron chi connectivity index (χ2n) is 5.79. The predicted molar refractivity (Wildman–Crippen MR) is 87.1 cm³/mol. The molecule has 0 heterocycles. The third kappa shape index (κ3) is 6.06. The molecule has 0 aliphatic heterocycles. The van der Waals surface area contributed by atoms with Crippen LogP contribution in [0.3, 0.4) is 0 Å². The molecule has 0 radical (unpaired) electrons. The van der Waals surface area contributed by atoms with Crippen molar-refractivity contribution >= 4 is 0 Å². The van der Waals surface area contributed by atoms with E-state index in [0.29, 0.717) is 12.0 Å². The minimum absolute atomic E-state index is 0.310. The molecule has 0 aromatic heterocycles. The van der Waals surface area contributed by atoms with Crippen LogP contribution in [-0.4, -0.2) is 19.8 Å². The van der Waals surface area contributed by atoms with Crippen LogP contribution in [0, 0.1) is 12.8 Å². The first-order valence-corrected chi connectivity index (χ1v) is 8.05. The van der Waals surface area contributed by atoms with Gasteiger partial charge in [0.15, 0.2) is 0 Å². The molecule has 0 saturated carbocycles. The van der Waals surface area contributed by atoms with E-state index >= 15 is 0 Å². The van der Waals surface area contributed by atoms with Crippen molar-refractivity contribution in [2.24, 2.45) is 5.92 Å². The number of ether oxygens (including phenoxy) is 1. The lowest BCUT2D eigenvalue weighted by molar-refractivity contribution is 0.0831. The number of hydrogen-bond acceptors (Lipinski definition) is 2. The Labute approximate surface area is 124 Å². The van der Waals surface area contributed by atoms with E-state index in [4.69, 9.17) is 4.74 Å². The fourth-order valence-electron chi connectivity index (χ4n) is 2.52. The molecule has 0 aliphatic rings. The first-order chi connectivity index (χ1) is 9.69. The van der Waals surface area contributed by atoms with E-state index in [1.54, 1.807) is 0 Å². The largest absolute Gasteiger partial charge is 0.379 e. The van der Waals surface area contributed by atoms with Crippen molar-refractivity contribution in [2.45, 2.75) is 53.0 Å². The van der Waals surface area contributed by atoms with E-state index in [1.807, 2.05) is 0 Å². The highest BCUT2D eigenvalue weighted by atomic mass is 16.5. The van der Waals surface area contributed by atoms with E-state index in [2.05, 4.69) is 57.3 Å². The zero-order chi connectivity index (χ0) is 14.8. The molecule has 0 bridgehead atoms. The van der Waals surface area contributed by atoms with Crippen LogP contribution in [0.5, 0.6) is 0 Å². The molecule has 20 heavy (non-hydrogen) atoms. The van der Waals surface area contributed by atoms with Crippen molar-refractivity contribution < 1.29 is 4.74 Å². The maximum atomic E-state index is 5.95. The van der Waals surface area contributed by atoms with Gasteiger partial charge >= 0.3 is 0 Å². The third-order valence-electron chi connectivity index (χ3n) is 3.67. The van der Waals surface area contributed by atoms with Gasteiger partial charge in [-0.15, -0.1) is 0 Å². The minimum Gasteiger partial charge on any atom is -0.379 e. The van der Waals surface area contributed by atoms with Crippen LogP contribution in [-0.2, 0) is 4.74 Å². The van der Waals surface area contributed by atoms with Crippen LogP contribution >= 0.6 is 0 Å². The van der Waals surface area contributed by atoms with Crippen molar-refractivity contribution in [3.8, 4) is 0 Å². The van der Waals surface area contributed by atoms with Gasteiger partial charge in [-0.05, 0) is 43.4 Å². The average Bonchev–Trinajstić information content (AvgIpc) is 2.44. The Bertz CT molecular complexity index is 364. The van der Waals surface area contributed by atoms with Gasteiger partial charge in [-0.3, -0.25) is 0 Å². The summed E-state index contributed by atoms with van der Waals surface area (Å²) in [5.41, 5.74) is 2.70. The highest BCUT2D eigenvalue weighted by Gasteiger charge is 2.13. The van der Waals surface area contributed by atoms with Gasteiger partial charge in [0, 0.05) is 6.61 Å². The molecule has 2 unspecified atom stereocenters. The molecule has 2 atom stereocenters. The summed E-state index contributed by atoms with van der Waals surface area (Å²) in [7, 11) is 0. The predicted octanol–water partition coefficient (Wildman–Crippen LogP) is 4.49. The topological polar surface area (TPSA) is 21.3 Å². The second-order valence-corrected chi connectivity index (χ2v) is 5.79. The first-order valence-electron chi connectivity index (χ1n) is 8.05. The maximum Gasteiger partial charge on any atom is 0.0661 e. The fraction of sp³-hybridized carbons (Fsp3) is 0.667. The number of benzene rings is 1. The molecular weight excluding hydrogens is 246 g/mol. The highest BCUT2D eigenvalue weighted by molar-refractivity contribution is 5.28. The monoisotopic (exact) mass is 277 g/mol. The summed E-state index contributed by atoms with van der Waals surface area (Å²) in [4.78, 5) is 0. The zero-order valence-electron chi connectivity index (χ0n) is 13.6. The summed E-state index contributed by atoms with van der Waals surface area (Å²) in [5.74, 6) is 0.656. The summed E-state index contributed by atoms with van der Waals surface area (Å²) in [6, 6.07) is 8.91. The van der Waals surface area contributed by atoms with E-state index < -0.39 is 0 Å². The van der Waals surface area contributed by atoms with Gasteiger partial charge in [0.05, 0.1) is 12.6 Å². The van der Waals surface area contributed by atoms with Crippen molar-refractivity contribution in [1.82, 2.24) is 5.32 Å². The SMILES string of the molecule is CCCNC(COCC(C)CCC)c1ccccc1C. The number of hydrogen-bond donors (Lipinski definition) is 1. The molecule has 0 aliphatic carbocycles. The van der Waals surface area contributed by atoms with Crippen molar-refractivity contribution in [1.29, 1.82) is 0 Å². The molecule has 114 valence electrons. The molecule has 0 spiro atoms. The molecule has 2 heteroatoms. The van der Waals surface area contributed by atoms with Crippen LogP contribution in [0.25, 0.3) is 0 Å². The van der Waals surface area contributed by atoms with Crippen molar-refractivity contribution in [3.05, 3.63) is 35.4 Å². The summed E-state index contributed by atoms with van der Waals surface area (Å²) < 4.78 is 5.95. The lowest BCUT2D eigenvalue weighted by atomic mass is 10.0. The van der Waals surface area contributed by atoms with E-state index in [-0.39, 0.29) is 0 Å². The number of aryl methyl sites for hydroxylation is 1. The van der Waals surface area contributed by atoms with Crippen LogP contribution in [0.15, 0.2) is 24.3 Å². The fourth-order valence-corrected chi connectivity index (χ4v) is 2.52. The molecule has 0 fully saturated rings. The van der Waals surface area contributed by atoms with Crippen LogP contribution in [0.1, 0.15) is 57.2 Å². The molecule has 2 nitrogen and oxygen atoms in total. The molecule has 1 rings (SSSR count). The van der Waals surface area contributed by atoms with Gasteiger partial charge in [0.25, 0.3) is 0 Å². The Morgan fingerprint density at radius 1 is 1.10 bits per heavy atom. The number of nitrogens with one attached hydrogen (secondary N) is 1.